The standard InChI is InChI=1S/C23H33N5O2.C18H25N5.C14H16ClN3.C9H18N2O2.C7H8Cl2N2.C7H7ClO3S.C7H9N.C6H6Cl2N2.CH2Cl2/c1-16(2)19-15-20(24-18-9-7-17(3)8-10-18)26-21(25-19)27-11-13-28(14-12-27)22(29)30-23(4,5)6;1-13(2)16-12-17(20-15-6-4-14(3)5-7-15)22-18(21-16)23-10-8-19-9-11-23;1-9(2)12-8-13(18-14(15)17-12)16-11-6-4-10(3)5-7-11;1-9(2,3)13-8(12)11-6-4-10-5-7-11;1-4(2)5-3-6(8)11-7(9)10-5;1-11-6-2-4-7(5-3-6)12(8,9)10;1-6-2-4-7(8)5-3-6;1-2-4-3-5(7)10-6(8)9-4;2-1-3/h7-10,15-16H,11-14H2,1-6H3,(H,24,25,26);4-7,12-13,19H,8-11H2,1-3H3,(H,20,21,22);4-9H,1-3H3,(H,16,17,18);10H,4-7H2,1-3H3;3-4H,1-2H3;2-5H,1H3;2-5H,8H2,1H3;3H,2H2,1H3;1H2. The minimum absolute atomic E-state index is 0.0740. The Bertz CT molecular complexity index is 5040. The Kier molecular flexibility index (Phi) is 47.1. The predicted molar refractivity (Wildman–Crippen MR) is 528 cm³/mol. The van der Waals surface area contributed by atoms with Crippen molar-refractivity contribution >= 4 is 165 Å². The van der Waals surface area contributed by atoms with Crippen LogP contribution in [0.4, 0.5) is 61.7 Å². The van der Waals surface area contributed by atoms with Crippen LogP contribution in [0.1, 0.15) is 178 Å². The average molecular weight is 1940 g/mol. The van der Waals surface area contributed by atoms with Crippen LogP contribution < -0.4 is 46.9 Å². The van der Waals surface area contributed by atoms with E-state index in [0.29, 0.717) is 65.9 Å². The number of carbonyl (C=O) groups is 2. The number of aryl methyl sites for hydroxylation is 5. The van der Waals surface area contributed by atoms with E-state index in [1.807, 2.05) is 130 Å². The number of benzene rings is 5. The van der Waals surface area contributed by atoms with E-state index >= 15 is 0 Å². The summed E-state index contributed by atoms with van der Waals surface area (Å²) in [6.45, 7) is 47.9. The van der Waals surface area contributed by atoms with Crippen LogP contribution >= 0.6 is 91.9 Å². The van der Waals surface area contributed by atoms with E-state index in [9.17, 15) is 18.0 Å². The second-order valence-electron chi connectivity index (χ2n) is 32.7. The van der Waals surface area contributed by atoms with Crippen LogP contribution in [-0.2, 0) is 24.9 Å². The van der Waals surface area contributed by atoms with Crippen molar-refractivity contribution in [1.29, 1.82) is 0 Å². The minimum Gasteiger partial charge on any atom is -0.497 e. The number of nitrogens with two attached hydrogens (primary N) is 1. The Morgan fingerprint density at radius 2 is 0.758 bits per heavy atom. The van der Waals surface area contributed by atoms with Crippen LogP contribution in [0.25, 0.3) is 0 Å². The highest BCUT2D eigenvalue weighted by Crippen LogP contribution is 2.29. The third-order valence-corrected chi connectivity index (χ3v) is 20.4. The van der Waals surface area contributed by atoms with Gasteiger partial charge in [0.2, 0.25) is 27.7 Å². The minimum atomic E-state index is -3.61. The normalized spacial score (nSPS) is 13.0. The summed E-state index contributed by atoms with van der Waals surface area (Å²) in [5.74, 6) is 5.79. The van der Waals surface area contributed by atoms with Crippen molar-refractivity contribution in [2.75, 3.05) is 122 Å². The maximum atomic E-state index is 12.3. The molecule has 0 aliphatic carbocycles. The lowest BCUT2D eigenvalue weighted by atomic mass is 10.1. The molecule has 7 N–H and O–H groups in total. The molecule has 2 amide bonds. The molecule has 3 fully saturated rings. The molecule has 10 aromatic rings. The van der Waals surface area contributed by atoms with Crippen molar-refractivity contribution in [2.24, 2.45) is 0 Å². The molecule has 27 nitrogen and oxygen atoms in total. The summed E-state index contributed by atoms with van der Waals surface area (Å²) in [6, 6.07) is 47.8. The first-order valence-corrected chi connectivity index (χ1v) is 47.2. The van der Waals surface area contributed by atoms with E-state index in [-0.39, 0.29) is 49.8 Å². The maximum absolute atomic E-state index is 12.3. The second-order valence-corrected chi connectivity index (χ2v) is 37.9. The van der Waals surface area contributed by atoms with Gasteiger partial charge in [-0.15, -0.1) is 23.2 Å². The summed E-state index contributed by atoms with van der Waals surface area (Å²) in [6.07, 6.45) is 0.358. The van der Waals surface area contributed by atoms with Gasteiger partial charge in [0, 0.05) is 142 Å². The van der Waals surface area contributed by atoms with E-state index < -0.39 is 14.7 Å². The van der Waals surface area contributed by atoms with Crippen molar-refractivity contribution in [1.82, 2.24) is 70.3 Å². The maximum Gasteiger partial charge on any atom is 0.410 e. The zero-order valence-corrected chi connectivity index (χ0v) is 83.6. The fourth-order valence-corrected chi connectivity index (χ4v) is 13.0. The van der Waals surface area contributed by atoms with Gasteiger partial charge < -0.3 is 66.1 Å². The Balaban J connectivity index is 0.000000267. The number of hydrogen-bond acceptors (Lipinski definition) is 25. The van der Waals surface area contributed by atoms with Crippen molar-refractivity contribution in [2.45, 2.75) is 178 Å². The summed E-state index contributed by atoms with van der Waals surface area (Å²) in [7, 11) is 2.98. The summed E-state index contributed by atoms with van der Waals surface area (Å²) in [5, 5.41) is 18.3. The first-order chi connectivity index (χ1) is 60.3. The zero-order valence-electron chi connectivity index (χ0n) is 76.8. The van der Waals surface area contributed by atoms with Gasteiger partial charge in [-0.3, -0.25) is 0 Å². The highest BCUT2D eigenvalue weighted by molar-refractivity contribution is 8.13. The molecule has 3 aliphatic heterocycles. The van der Waals surface area contributed by atoms with Crippen molar-refractivity contribution in [3.05, 3.63) is 229 Å². The number of carbonyl (C=O) groups excluding carboxylic acids is 2. The molecule has 3 aliphatic rings. The molecule has 0 radical (unpaired) electrons. The van der Waals surface area contributed by atoms with Crippen molar-refractivity contribution in [3.63, 3.8) is 0 Å². The van der Waals surface area contributed by atoms with Gasteiger partial charge in [0.15, 0.2) is 0 Å². The number of anilines is 9. The number of halogens is 8. The van der Waals surface area contributed by atoms with Crippen LogP contribution in [0, 0.1) is 27.7 Å². The number of amides is 2. The topological polar surface area (TPSA) is 324 Å². The van der Waals surface area contributed by atoms with E-state index in [0.717, 1.165) is 133 Å². The fraction of sp³-hybridized carbons (Fsp3) is 0.435. The van der Waals surface area contributed by atoms with Crippen molar-refractivity contribution < 1.29 is 32.2 Å². The molecule has 0 unspecified atom stereocenters. The molecular weight excluding hydrogens is 1810 g/mol. The second kappa shape index (κ2) is 55.1. The summed E-state index contributed by atoms with van der Waals surface area (Å²) < 4.78 is 37.1. The monoisotopic (exact) mass is 1930 g/mol. The van der Waals surface area contributed by atoms with Crippen LogP contribution in [0.3, 0.4) is 0 Å². The Hall–Kier alpha value is -9.17. The molecule has 3 saturated heterocycles. The molecule has 8 heterocycles. The first kappa shape index (κ1) is 109. The van der Waals surface area contributed by atoms with Gasteiger partial charge in [0.1, 0.15) is 44.7 Å². The third kappa shape index (κ3) is 43.0. The highest BCUT2D eigenvalue weighted by atomic mass is 35.7. The smallest absolute Gasteiger partial charge is 0.410 e. The van der Waals surface area contributed by atoms with E-state index in [1.54, 1.807) is 21.9 Å². The lowest BCUT2D eigenvalue weighted by Crippen LogP contribution is -2.50. The van der Waals surface area contributed by atoms with E-state index in [1.165, 1.54) is 53.6 Å². The lowest BCUT2D eigenvalue weighted by molar-refractivity contribution is 0.0222. The summed E-state index contributed by atoms with van der Waals surface area (Å²) >= 11 is 37.8. The molecule has 128 heavy (non-hydrogen) atoms. The fourth-order valence-electron chi connectivity index (χ4n) is 11.1. The molecule has 0 bridgehead atoms. The number of piperazine rings is 3. The number of hydrogen-bond donors (Lipinski definition) is 6. The summed E-state index contributed by atoms with van der Waals surface area (Å²) in [4.78, 5) is 74.5. The van der Waals surface area contributed by atoms with Gasteiger partial charge in [0.05, 0.1) is 34.4 Å². The average Bonchev–Trinajstić information content (AvgIpc) is 0.817. The third-order valence-electron chi connectivity index (χ3n) is 18.1. The number of rotatable bonds is 15. The predicted octanol–water partition coefficient (Wildman–Crippen LogP) is 22.8. The van der Waals surface area contributed by atoms with Gasteiger partial charge in [-0.2, -0.15) is 9.97 Å². The van der Waals surface area contributed by atoms with Gasteiger partial charge in [-0.25, -0.2) is 57.9 Å². The molecule has 13 rings (SSSR count). The molecule has 0 atom stereocenters. The number of alkyl halides is 2. The van der Waals surface area contributed by atoms with Gasteiger partial charge in [-0.1, -0.05) is 156 Å². The molecular formula is C92H124Cl8N20O7S. The number of nitrogen functional groups attached to an aromatic ring is 1. The first-order valence-electron chi connectivity index (χ1n) is 41.9. The number of methoxy groups -OCH3 is 1. The number of aromatic nitrogens is 10. The molecule has 36 heteroatoms. The van der Waals surface area contributed by atoms with Gasteiger partial charge in [0.25, 0.3) is 9.05 Å². The number of nitrogens with zero attached hydrogens (tertiary/aromatic N) is 14. The molecule has 5 aromatic heterocycles. The highest BCUT2D eigenvalue weighted by Gasteiger charge is 2.29. The lowest BCUT2D eigenvalue weighted by Gasteiger charge is -2.35. The van der Waals surface area contributed by atoms with Gasteiger partial charge >= 0.3 is 12.2 Å². The number of nitrogens with one attached hydrogen (secondary N) is 5. The molecule has 696 valence electrons. The SMILES string of the molecule is CC(C)(C)OC(=O)N1CCNCC1.CC(C)c1cc(Cl)nc(Cl)n1.CCc1cc(Cl)nc(Cl)n1.COc1ccc(S(=O)(=O)Cl)cc1.Cc1ccc(N)cc1.Cc1ccc(Nc2cc(C(C)C)nc(Cl)n2)cc1.Cc1ccc(Nc2cc(C(C)C)nc(N3CCN(C(=O)OC(C)(C)C)CC3)n2)cc1.Cc1ccc(Nc2cc(C(C)C)nc(N3CCNCC3)n2)cc1.ClCCl. The van der Waals surface area contributed by atoms with Gasteiger partial charge in [-0.05, 0) is 219 Å². The Morgan fingerprint density at radius 3 is 1.09 bits per heavy atom. The van der Waals surface area contributed by atoms with Crippen LogP contribution in [0.5, 0.6) is 5.75 Å². The van der Waals surface area contributed by atoms with Crippen LogP contribution in [-0.4, -0.2) is 182 Å². The van der Waals surface area contributed by atoms with Crippen LogP contribution in [0.15, 0.2) is 157 Å². The van der Waals surface area contributed by atoms with Crippen LogP contribution in [0.2, 0.25) is 26.2 Å². The Morgan fingerprint density at radius 1 is 0.438 bits per heavy atom. The van der Waals surface area contributed by atoms with E-state index in [4.69, 9.17) is 132 Å². The number of ether oxygens (including phenoxy) is 3. The largest absolute Gasteiger partial charge is 0.497 e. The van der Waals surface area contributed by atoms with Crippen molar-refractivity contribution in [3.8, 4) is 5.75 Å². The molecule has 0 spiro atoms. The zero-order chi connectivity index (χ0) is 95.0. The Labute approximate surface area is 796 Å². The van der Waals surface area contributed by atoms with E-state index in [2.05, 4.69) is 183 Å². The molecule has 5 aromatic carbocycles. The quantitative estimate of drug-likeness (QED) is 0.0183. The summed E-state index contributed by atoms with van der Waals surface area (Å²) in [5.41, 5.74) is 18.1. The molecule has 0 saturated carbocycles.